The van der Waals surface area contributed by atoms with Gasteiger partial charge in [0.25, 0.3) is 5.91 Å². The fourth-order valence-electron chi connectivity index (χ4n) is 3.18. The summed E-state index contributed by atoms with van der Waals surface area (Å²) >= 11 is 2.67. The van der Waals surface area contributed by atoms with Crippen molar-refractivity contribution >= 4 is 39.3 Å². The van der Waals surface area contributed by atoms with Crippen molar-refractivity contribution < 1.29 is 9.90 Å². The number of aryl methyl sites for hydroxylation is 1. The summed E-state index contributed by atoms with van der Waals surface area (Å²) in [5.41, 5.74) is 2.02. The molecule has 0 spiro atoms. The van der Waals surface area contributed by atoms with Crippen molar-refractivity contribution in [1.82, 2.24) is 9.55 Å². The zero-order valence-electron chi connectivity index (χ0n) is 15.2. The standard InChI is InChI=1S/C21H14N4O2S2/c1-12-11-28-20(22-12)24-21-25(13-7-3-2-4-8-13)19(27)17(29-21)16-14-9-5-6-10-15(14)23-18(16)26/h2-11,27H,1H3/b24-21+. The number of rotatable bonds is 3. The van der Waals surface area contributed by atoms with Gasteiger partial charge in [-0.05, 0) is 25.1 Å². The molecule has 0 saturated carbocycles. The van der Waals surface area contributed by atoms with Gasteiger partial charge in [-0.3, -0.25) is 9.36 Å². The Labute approximate surface area is 173 Å². The van der Waals surface area contributed by atoms with Gasteiger partial charge in [0.15, 0.2) is 4.80 Å². The molecule has 0 saturated heterocycles. The SMILES string of the molecule is Cc1csc(/N=c2/sc(C3=c4ccccc4=NC3=O)c(O)n2-c2ccccc2)n1. The third-order valence-electron chi connectivity index (χ3n) is 4.45. The first-order chi connectivity index (χ1) is 14.1. The number of benzene rings is 2. The Hall–Kier alpha value is -3.36. The van der Waals surface area contributed by atoms with Crippen molar-refractivity contribution in [3.05, 3.63) is 85.9 Å². The third kappa shape index (κ3) is 3.02. The summed E-state index contributed by atoms with van der Waals surface area (Å²) in [5, 5.41) is 15.0. The molecule has 0 unspecified atom stereocenters. The molecule has 1 N–H and O–H groups in total. The van der Waals surface area contributed by atoms with Crippen LogP contribution in [0.4, 0.5) is 5.13 Å². The van der Waals surface area contributed by atoms with Crippen LogP contribution in [0, 0.1) is 6.92 Å². The normalized spacial score (nSPS) is 13.6. The third-order valence-corrected chi connectivity index (χ3v) is 6.35. The highest BCUT2D eigenvalue weighted by molar-refractivity contribution is 7.13. The number of aromatic nitrogens is 2. The molecule has 0 bridgehead atoms. The summed E-state index contributed by atoms with van der Waals surface area (Å²) in [6, 6.07) is 16.7. The topological polar surface area (TPSA) is 79.8 Å². The predicted molar refractivity (Wildman–Crippen MR) is 112 cm³/mol. The van der Waals surface area contributed by atoms with Crippen molar-refractivity contribution in [2.24, 2.45) is 9.98 Å². The first kappa shape index (κ1) is 17.7. The number of amides is 1. The lowest BCUT2D eigenvalue weighted by Crippen LogP contribution is -2.22. The van der Waals surface area contributed by atoms with Gasteiger partial charge in [0, 0.05) is 10.6 Å². The van der Waals surface area contributed by atoms with Gasteiger partial charge in [-0.1, -0.05) is 47.7 Å². The maximum absolute atomic E-state index is 12.6. The van der Waals surface area contributed by atoms with E-state index in [2.05, 4.69) is 15.0 Å². The fourth-order valence-corrected chi connectivity index (χ4v) is 4.98. The molecule has 8 heteroatoms. The molecule has 29 heavy (non-hydrogen) atoms. The lowest BCUT2D eigenvalue weighted by atomic mass is 10.1. The van der Waals surface area contributed by atoms with E-state index in [0.717, 1.165) is 11.4 Å². The van der Waals surface area contributed by atoms with E-state index >= 15 is 0 Å². The van der Waals surface area contributed by atoms with E-state index in [1.165, 1.54) is 22.7 Å². The number of fused-ring (bicyclic) bond motifs is 1. The Balaban J connectivity index is 1.83. The van der Waals surface area contributed by atoms with E-state index in [1.807, 2.05) is 60.8 Å². The minimum atomic E-state index is -0.361. The highest BCUT2D eigenvalue weighted by atomic mass is 32.1. The van der Waals surface area contributed by atoms with Gasteiger partial charge in [0.05, 0.1) is 22.3 Å². The van der Waals surface area contributed by atoms with Gasteiger partial charge in [0.1, 0.15) is 4.88 Å². The second-order valence-corrected chi connectivity index (χ2v) is 8.21. The number of hydrogen-bond acceptors (Lipinski definition) is 6. The molecule has 1 amide bonds. The van der Waals surface area contributed by atoms with Crippen LogP contribution in [0.5, 0.6) is 5.88 Å². The lowest BCUT2D eigenvalue weighted by molar-refractivity contribution is -0.112. The maximum Gasteiger partial charge on any atom is 0.279 e. The van der Waals surface area contributed by atoms with Crippen molar-refractivity contribution in [2.75, 3.05) is 0 Å². The van der Waals surface area contributed by atoms with E-state index in [4.69, 9.17) is 0 Å². The molecule has 3 heterocycles. The first-order valence-corrected chi connectivity index (χ1v) is 10.5. The van der Waals surface area contributed by atoms with Gasteiger partial charge in [0.2, 0.25) is 11.0 Å². The van der Waals surface area contributed by atoms with E-state index in [1.54, 1.807) is 10.6 Å². The predicted octanol–water partition coefficient (Wildman–Crippen LogP) is 2.60. The van der Waals surface area contributed by atoms with Crippen LogP contribution in [-0.2, 0) is 4.79 Å². The average Bonchev–Trinajstić information content (AvgIpc) is 3.37. The average molecular weight is 419 g/mol. The van der Waals surface area contributed by atoms with Gasteiger partial charge in [-0.25, -0.2) is 9.98 Å². The number of carbonyl (C=O) groups is 1. The molecule has 2 aromatic carbocycles. The van der Waals surface area contributed by atoms with Crippen LogP contribution in [0.1, 0.15) is 10.6 Å². The van der Waals surface area contributed by atoms with Crippen molar-refractivity contribution in [3.63, 3.8) is 0 Å². The number of thiazole rings is 2. The highest BCUT2D eigenvalue weighted by Gasteiger charge is 2.26. The van der Waals surface area contributed by atoms with Crippen LogP contribution in [0.3, 0.4) is 0 Å². The number of nitrogens with zero attached hydrogens (tertiary/aromatic N) is 4. The zero-order valence-corrected chi connectivity index (χ0v) is 16.9. The van der Waals surface area contributed by atoms with Crippen LogP contribution in [0.2, 0.25) is 0 Å². The largest absolute Gasteiger partial charge is 0.493 e. The Bertz CT molecular complexity index is 1450. The van der Waals surface area contributed by atoms with E-state index < -0.39 is 0 Å². The van der Waals surface area contributed by atoms with Gasteiger partial charge < -0.3 is 5.11 Å². The molecular formula is C21H14N4O2S2. The maximum atomic E-state index is 12.6. The number of carbonyl (C=O) groups excluding carboxylic acids is 1. The summed E-state index contributed by atoms with van der Waals surface area (Å²) in [5.74, 6) is -0.400. The quantitative estimate of drug-likeness (QED) is 0.555. The second-order valence-electron chi connectivity index (χ2n) is 6.40. The number of aromatic hydroxyl groups is 1. The molecule has 4 aromatic rings. The molecule has 0 fully saturated rings. The molecule has 0 aliphatic carbocycles. The summed E-state index contributed by atoms with van der Waals surface area (Å²) in [7, 11) is 0. The highest BCUT2D eigenvalue weighted by Crippen LogP contribution is 2.31. The molecule has 142 valence electrons. The smallest absolute Gasteiger partial charge is 0.279 e. The number of para-hydroxylation sites is 2. The lowest BCUT2D eigenvalue weighted by Gasteiger charge is -2.05. The first-order valence-electron chi connectivity index (χ1n) is 8.81. The second kappa shape index (κ2) is 6.91. The summed E-state index contributed by atoms with van der Waals surface area (Å²) < 4.78 is 1.64. The molecule has 5 rings (SSSR count). The molecule has 6 nitrogen and oxygen atoms in total. The summed E-state index contributed by atoms with van der Waals surface area (Å²) in [4.78, 5) is 26.8. The molecular weight excluding hydrogens is 404 g/mol. The van der Waals surface area contributed by atoms with Crippen molar-refractivity contribution in [3.8, 4) is 11.6 Å². The Kier molecular flexibility index (Phi) is 4.22. The van der Waals surface area contributed by atoms with Crippen molar-refractivity contribution in [1.29, 1.82) is 0 Å². The fraction of sp³-hybridized carbons (Fsp3) is 0.0476. The molecule has 0 radical (unpaired) electrons. The van der Waals surface area contributed by atoms with Crippen LogP contribution in [-0.4, -0.2) is 20.6 Å². The monoisotopic (exact) mass is 418 g/mol. The minimum Gasteiger partial charge on any atom is -0.493 e. The summed E-state index contributed by atoms with van der Waals surface area (Å²) in [6.07, 6.45) is 0. The Morgan fingerprint density at radius 1 is 1.07 bits per heavy atom. The minimum absolute atomic E-state index is 0.0384. The van der Waals surface area contributed by atoms with Gasteiger partial charge >= 0.3 is 0 Å². The molecule has 2 aromatic heterocycles. The van der Waals surface area contributed by atoms with Crippen LogP contribution >= 0.6 is 22.7 Å². The molecule has 0 atom stereocenters. The molecule has 1 aliphatic heterocycles. The van der Waals surface area contributed by atoms with E-state index in [-0.39, 0.29) is 11.8 Å². The van der Waals surface area contributed by atoms with E-state index in [9.17, 15) is 9.90 Å². The van der Waals surface area contributed by atoms with E-state index in [0.29, 0.717) is 31.0 Å². The number of hydrogen-bond donors (Lipinski definition) is 1. The van der Waals surface area contributed by atoms with Gasteiger partial charge in [-0.15, -0.1) is 11.3 Å². The van der Waals surface area contributed by atoms with Gasteiger partial charge in [-0.2, -0.15) is 4.99 Å². The zero-order chi connectivity index (χ0) is 20.0. The van der Waals surface area contributed by atoms with Crippen LogP contribution < -0.4 is 15.4 Å². The molecule has 1 aliphatic rings. The van der Waals surface area contributed by atoms with Crippen molar-refractivity contribution in [2.45, 2.75) is 6.92 Å². The summed E-state index contributed by atoms with van der Waals surface area (Å²) in [6.45, 7) is 1.91. The Morgan fingerprint density at radius 3 is 2.59 bits per heavy atom. The van der Waals surface area contributed by atoms with Crippen LogP contribution in [0.15, 0.2) is 70.0 Å². The van der Waals surface area contributed by atoms with Crippen LogP contribution in [0.25, 0.3) is 11.3 Å². The Morgan fingerprint density at radius 2 is 1.83 bits per heavy atom.